The van der Waals surface area contributed by atoms with Crippen LogP contribution in [0.15, 0.2) is 12.1 Å². The van der Waals surface area contributed by atoms with Gasteiger partial charge in [0, 0.05) is 18.0 Å². The second-order valence-electron chi connectivity index (χ2n) is 4.95. The highest BCUT2D eigenvalue weighted by molar-refractivity contribution is 7.14. The number of piperidine rings is 1. The first-order valence-corrected chi connectivity index (χ1v) is 6.94. The molecule has 94 valence electrons. The van der Waals surface area contributed by atoms with Crippen molar-refractivity contribution in [1.29, 1.82) is 0 Å². The van der Waals surface area contributed by atoms with Gasteiger partial charge in [-0.05, 0) is 38.3 Å². The Morgan fingerprint density at radius 3 is 2.94 bits per heavy atom. The predicted octanol–water partition coefficient (Wildman–Crippen LogP) is 2.30. The number of thiophene rings is 1. The maximum absolute atomic E-state index is 12.2. The molecule has 1 aromatic rings. The van der Waals surface area contributed by atoms with E-state index >= 15 is 0 Å². The number of aryl methyl sites for hydroxylation is 1. The van der Waals surface area contributed by atoms with Crippen LogP contribution in [0, 0.1) is 0 Å². The molecule has 1 fully saturated rings. The Kier molecular flexibility index (Phi) is 3.54. The topological polar surface area (TPSA) is 40.5 Å². The van der Waals surface area contributed by atoms with E-state index in [0.29, 0.717) is 6.54 Å². The largest absolute Gasteiger partial charge is 0.388 e. The van der Waals surface area contributed by atoms with Crippen molar-refractivity contribution >= 4 is 17.2 Å². The smallest absolute Gasteiger partial charge is 0.264 e. The van der Waals surface area contributed by atoms with E-state index in [4.69, 9.17) is 0 Å². The first-order chi connectivity index (χ1) is 8.02. The molecular weight excluding hydrogens is 234 g/mol. The molecule has 2 heterocycles. The van der Waals surface area contributed by atoms with Crippen LogP contribution >= 0.6 is 11.3 Å². The molecule has 0 radical (unpaired) electrons. The predicted molar refractivity (Wildman–Crippen MR) is 69.5 cm³/mol. The van der Waals surface area contributed by atoms with Crippen LogP contribution in [0.4, 0.5) is 0 Å². The highest BCUT2D eigenvalue weighted by Gasteiger charge is 2.31. The van der Waals surface area contributed by atoms with Gasteiger partial charge in [-0.2, -0.15) is 0 Å². The maximum atomic E-state index is 12.2. The van der Waals surface area contributed by atoms with Gasteiger partial charge in [-0.25, -0.2) is 0 Å². The lowest BCUT2D eigenvalue weighted by Gasteiger charge is -2.36. The number of hydrogen-bond donors (Lipinski definition) is 1. The third kappa shape index (κ3) is 2.87. The number of amides is 1. The number of β-amino-alcohol motifs (C(OH)–C–C–N with tert-alkyl or cyclic N) is 1. The van der Waals surface area contributed by atoms with E-state index in [9.17, 15) is 9.90 Å². The monoisotopic (exact) mass is 253 g/mol. The van der Waals surface area contributed by atoms with E-state index in [1.54, 1.807) is 23.2 Å². The SMILES string of the molecule is CCc1ccc(C(=O)N2CCCC(C)(O)C2)s1. The Morgan fingerprint density at radius 1 is 1.59 bits per heavy atom. The molecule has 17 heavy (non-hydrogen) atoms. The van der Waals surface area contributed by atoms with Crippen LogP contribution in [0.5, 0.6) is 0 Å². The van der Waals surface area contributed by atoms with Crippen molar-refractivity contribution in [2.75, 3.05) is 13.1 Å². The number of carbonyl (C=O) groups is 1. The van der Waals surface area contributed by atoms with Gasteiger partial charge in [-0.15, -0.1) is 11.3 Å². The Bertz CT molecular complexity index is 411. The molecular formula is C13H19NO2S. The van der Waals surface area contributed by atoms with Crippen LogP contribution in [0.2, 0.25) is 0 Å². The first kappa shape index (κ1) is 12.6. The van der Waals surface area contributed by atoms with Crippen molar-refractivity contribution < 1.29 is 9.90 Å². The van der Waals surface area contributed by atoms with Gasteiger partial charge < -0.3 is 10.0 Å². The zero-order valence-corrected chi connectivity index (χ0v) is 11.2. The second-order valence-corrected chi connectivity index (χ2v) is 6.12. The van der Waals surface area contributed by atoms with Gasteiger partial charge in [0.2, 0.25) is 0 Å². The summed E-state index contributed by atoms with van der Waals surface area (Å²) in [4.78, 5) is 16.0. The van der Waals surface area contributed by atoms with Crippen molar-refractivity contribution in [3.8, 4) is 0 Å². The lowest BCUT2D eigenvalue weighted by atomic mass is 9.95. The van der Waals surface area contributed by atoms with Gasteiger partial charge in [-0.3, -0.25) is 4.79 Å². The molecule has 0 aliphatic carbocycles. The lowest BCUT2D eigenvalue weighted by molar-refractivity contribution is -0.0105. The van der Waals surface area contributed by atoms with Crippen LogP contribution < -0.4 is 0 Å². The normalized spacial score (nSPS) is 25.0. The van der Waals surface area contributed by atoms with Crippen molar-refractivity contribution in [3.05, 3.63) is 21.9 Å². The fraction of sp³-hybridized carbons (Fsp3) is 0.615. The quantitative estimate of drug-likeness (QED) is 0.878. The summed E-state index contributed by atoms with van der Waals surface area (Å²) < 4.78 is 0. The Labute approximate surface area is 106 Å². The fourth-order valence-electron chi connectivity index (χ4n) is 2.23. The molecule has 1 atom stereocenters. The molecule has 1 N–H and O–H groups in total. The van der Waals surface area contributed by atoms with E-state index in [2.05, 4.69) is 6.92 Å². The molecule has 0 bridgehead atoms. The molecule has 0 aromatic carbocycles. The van der Waals surface area contributed by atoms with Gasteiger partial charge >= 0.3 is 0 Å². The van der Waals surface area contributed by atoms with Gasteiger partial charge in [0.1, 0.15) is 0 Å². The molecule has 1 aliphatic rings. The molecule has 1 aliphatic heterocycles. The Morgan fingerprint density at radius 2 is 2.35 bits per heavy atom. The highest BCUT2D eigenvalue weighted by Crippen LogP contribution is 2.24. The highest BCUT2D eigenvalue weighted by atomic mass is 32.1. The molecule has 1 amide bonds. The zero-order valence-electron chi connectivity index (χ0n) is 10.4. The zero-order chi connectivity index (χ0) is 12.5. The Balaban J connectivity index is 2.09. The van der Waals surface area contributed by atoms with E-state index in [1.165, 1.54) is 4.88 Å². The first-order valence-electron chi connectivity index (χ1n) is 6.12. The minimum atomic E-state index is -0.723. The summed E-state index contributed by atoms with van der Waals surface area (Å²) in [5, 5.41) is 10.0. The minimum absolute atomic E-state index is 0.0645. The molecule has 4 heteroatoms. The standard InChI is InChI=1S/C13H19NO2S/c1-3-10-5-6-11(17-10)12(15)14-8-4-7-13(2,16)9-14/h5-6,16H,3-4,7-9H2,1-2H3. The van der Waals surface area contributed by atoms with E-state index in [1.807, 2.05) is 12.1 Å². The fourth-order valence-corrected chi connectivity index (χ4v) is 3.15. The number of aliphatic hydroxyl groups is 1. The van der Waals surface area contributed by atoms with Crippen LogP contribution in [0.3, 0.4) is 0 Å². The second kappa shape index (κ2) is 4.78. The van der Waals surface area contributed by atoms with Crippen molar-refractivity contribution in [1.82, 2.24) is 4.90 Å². The maximum Gasteiger partial charge on any atom is 0.264 e. The molecule has 0 saturated carbocycles. The summed E-state index contributed by atoms with van der Waals surface area (Å²) in [5.41, 5.74) is -0.723. The van der Waals surface area contributed by atoms with Gasteiger partial charge in [-0.1, -0.05) is 6.92 Å². The summed E-state index contributed by atoms with van der Waals surface area (Å²) in [6.45, 7) is 5.10. The molecule has 0 spiro atoms. The van der Waals surface area contributed by atoms with Crippen molar-refractivity contribution in [3.63, 3.8) is 0 Å². The number of nitrogens with zero attached hydrogens (tertiary/aromatic N) is 1. The van der Waals surface area contributed by atoms with Crippen LogP contribution in [0.1, 0.15) is 41.2 Å². The summed E-state index contributed by atoms with van der Waals surface area (Å²) in [6.07, 6.45) is 2.63. The van der Waals surface area contributed by atoms with Gasteiger partial charge in [0.05, 0.1) is 10.5 Å². The van der Waals surface area contributed by atoms with Crippen LogP contribution in [-0.4, -0.2) is 34.6 Å². The third-order valence-electron chi connectivity index (χ3n) is 3.18. The number of hydrogen-bond acceptors (Lipinski definition) is 3. The molecule has 1 saturated heterocycles. The molecule has 2 rings (SSSR count). The lowest BCUT2D eigenvalue weighted by Crippen LogP contribution is -2.48. The van der Waals surface area contributed by atoms with Gasteiger partial charge in [0.25, 0.3) is 5.91 Å². The van der Waals surface area contributed by atoms with E-state index in [-0.39, 0.29) is 5.91 Å². The van der Waals surface area contributed by atoms with E-state index in [0.717, 1.165) is 30.7 Å². The van der Waals surface area contributed by atoms with Crippen LogP contribution in [-0.2, 0) is 6.42 Å². The summed E-state index contributed by atoms with van der Waals surface area (Å²) in [7, 11) is 0. The van der Waals surface area contributed by atoms with E-state index < -0.39 is 5.60 Å². The Hall–Kier alpha value is -0.870. The summed E-state index contributed by atoms with van der Waals surface area (Å²) in [6, 6.07) is 3.91. The minimum Gasteiger partial charge on any atom is -0.388 e. The van der Waals surface area contributed by atoms with Gasteiger partial charge in [0.15, 0.2) is 0 Å². The molecule has 3 nitrogen and oxygen atoms in total. The number of rotatable bonds is 2. The third-order valence-corrected chi connectivity index (χ3v) is 4.40. The van der Waals surface area contributed by atoms with Crippen molar-refractivity contribution in [2.24, 2.45) is 0 Å². The number of carbonyl (C=O) groups excluding carboxylic acids is 1. The average Bonchev–Trinajstić information content (AvgIpc) is 2.75. The van der Waals surface area contributed by atoms with Crippen LogP contribution in [0.25, 0.3) is 0 Å². The summed E-state index contributed by atoms with van der Waals surface area (Å²) >= 11 is 1.56. The average molecular weight is 253 g/mol. The number of likely N-dealkylation sites (tertiary alicyclic amines) is 1. The molecule has 1 unspecified atom stereocenters. The van der Waals surface area contributed by atoms with Crippen molar-refractivity contribution in [2.45, 2.75) is 38.7 Å². The summed E-state index contributed by atoms with van der Waals surface area (Å²) in [5.74, 6) is 0.0645. The molecule has 1 aromatic heterocycles.